The monoisotopic (exact) mass is 237 g/mol. The van der Waals surface area contributed by atoms with E-state index in [9.17, 15) is 4.79 Å². The minimum Gasteiger partial charge on any atom is -0.478 e. The van der Waals surface area contributed by atoms with E-state index < -0.39 is 5.97 Å². The van der Waals surface area contributed by atoms with Gasteiger partial charge in [0.2, 0.25) is 0 Å². The lowest BCUT2D eigenvalue weighted by atomic mass is 10.1. The molecule has 0 radical (unpaired) electrons. The molecule has 0 aromatic heterocycles. The maximum atomic E-state index is 11.1. The highest BCUT2D eigenvalue weighted by molar-refractivity contribution is 5.94. The minimum absolute atomic E-state index is 0.0499. The first-order chi connectivity index (χ1) is 8.22. The van der Waals surface area contributed by atoms with Gasteiger partial charge in [-0.15, -0.1) is 0 Å². The lowest BCUT2D eigenvalue weighted by Gasteiger charge is -2.34. The van der Waals surface area contributed by atoms with Crippen LogP contribution < -0.4 is 4.90 Å². The van der Waals surface area contributed by atoms with E-state index in [4.69, 9.17) is 14.9 Å². The van der Waals surface area contributed by atoms with Crippen LogP contribution in [0.25, 0.3) is 0 Å². The highest BCUT2D eigenvalue weighted by Crippen LogP contribution is 2.22. The molecule has 1 fully saturated rings. The summed E-state index contributed by atoms with van der Waals surface area (Å²) < 4.78 is 5.34. The Kier molecular flexibility index (Phi) is 3.61. The van der Waals surface area contributed by atoms with Gasteiger partial charge in [0.1, 0.15) is 0 Å². The Morgan fingerprint density at radius 1 is 1.47 bits per heavy atom. The van der Waals surface area contributed by atoms with Crippen LogP contribution in [0.2, 0.25) is 0 Å². The number of carbonyl (C=O) groups is 1. The third-order valence-corrected chi connectivity index (χ3v) is 2.82. The van der Waals surface area contributed by atoms with Gasteiger partial charge in [0.05, 0.1) is 30.6 Å². The molecule has 17 heavy (non-hydrogen) atoms. The van der Waals surface area contributed by atoms with Crippen LogP contribution in [0.5, 0.6) is 0 Å². The molecule has 1 unspecified atom stereocenters. The van der Waals surface area contributed by atoms with Gasteiger partial charge < -0.3 is 19.8 Å². The van der Waals surface area contributed by atoms with Gasteiger partial charge in [-0.1, -0.05) is 12.1 Å². The second-order valence-electron chi connectivity index (χ2n) is 3.94. The summed E-state index contributed by atoms with van der Waals surface area (Å²) in [5.41, 5.74) is 0.966. The van der Waals surface area contributed by atoms with Crippen molar-refractivity contribution >= 4 is 11.7 Å². The molecular weight excluding hydrogens is 222 g/mol. The number of aliphatic hydroxyl groups is 1. The van der Waals surface area contributed by atoms with E-state index in [0.717, 1.165) is 0 Å². The molecular formula is C12H15NO4. The predicted octanol–water partition coefficient (Wildman–Crippen LogP) is 0.582. The van der Waals surface area contributed by atoms with Crippen molar-refractivity contribution in [1.29, 1.82) is 0 Å². The number of para-hydroxylation sites is 1. The molecule has 1 heterocycles. The summed E-state index contributed by atoms with van der Waals surface area (Å²) in [7, 11) is 0. The topological polar surface area (TPSA) is 70.0 Å². The quantitative estimate of drug-likeness (QED) is 0.804. The first-order valence-corrected chi connectivity index (χ1v) is 5.52. The molecule has 5 heteroatoms. The molecule has 2 rings (SSSR count). The van der Waals surface area contributed by atoms with Gasteiger partial charge in [-0.25, -0.2) is 4.79 Å². The molecule has 1 aromatic carbocycles. The second-order valence-corrected chi connectivity index (χ2v) is 3.94. The van der Waals surface area contributed by atoms with E-state index in [1.807, 2.05) is 11.0 Å². The third-order valence-electron chi connectivity index (χ3n) is 2.82. The van der Waals surface area contributed by atoms with Gasteiger partial charge in [0, 0.05) is 13.1 Å². The predicted molar refractivity (Wildman–Crippen MR) is 62.4 cm³/mol. The Balaban J connectivity index is 2.24. The first kappa shape index (κ1) is 11.9. The molecule has 2 N–H and O–H groups in total. The number of carboxylic acid groups (broad SMARTS) is 1. The fraction of sp³-hybridized carbons (Fsp3) is 0.417. The largest absolute Gasteiger partial charge is 0.478 e. The summed E-state index contributed by atoms with van der Waals surface area (Å²) >= 11 is 0. The Bertz CT molecular complexity index is 407. The van der Waals surface area contributed by atoms with Crippen molar-refractivity contribution in [1.82, 2.24) is 0 Å². The number of ether oxygens (including phenoxy) is 1. The van der Waals surface area contributed by atoms with Crippen LogP contribution in [0, 0.1) is 0 Å². The summed E-state index contributed by atoms with van der Waals surface area (Å²) in [6.07, 6.45) is -0.245. The van der Waals surface area contributed by atoms with Gasteiger partial charge in [-0.05, 0) is 12.1 Å². The number of nitrogens with zero attached hydrogens (tertiary/aromatic N) is 1. The van der Waals surface area contributed by atoms with E-state index in [1.165, 1.54) is 0 Å². The van der Waals surface area contributed by atoms with Gasteiger partial charge >= 0.3 is 5.97 Å². The first-order valence-electron chi connectivity index (χ1n) is 5.52. The standard InChI is InChI=1S/C12H15NO4/c14-8-9-7-13(5-6-17-9)11-4-2-1-3-10(11)12(15)16/h1-4,9,14H,5-8H2,(H,15,16). The van der Waals surface area contributed by atoms with Crippen LogP contribution in [0.4, 0.5) is 5.69 Å². The van der Waals surface area contributed by atoms with Crippen molar-refractivity contribution in [3.8, 4) is 0 Å². The van der Waals surface area contributed by atoms with Crippen LogP contribution in [-0.4, -0.2) is 48.6 Å². The normalized spacial score (nSPS) is 20.3. The maximum absolute atomic E-state index is 11.1. The molecule has 0 spiro atoms. The summed E-state index contributed by atoms with van der Waals surface area (Å²) in [6.45, 7) is 1.60. The number of hydrogen-bond donors (Lipinski definition) is 2. The Morgan fingerprint density at radius 3 is 2.94 bits per heavy atom. The Morgan fingerprint density at radius 2 is 2.24 bits per heavy atom. The molecule has 5 nitrogen and oxygen atoms in total. The number of rotatable bonds is 3. The van der Waals surface area contributed by atoms with Gasteiger partial charge in [-0.2, -0.15) is 0 Å². The summed E-state index contributed by atoms with van der Waals surface area (Å²) in [4.78, 5) is 13.0. The molecule has 1 aliphatic heterocycles. The zero-order valence-electron chi connectivity index (χ0n) is 9.37. The van der Waals surface area contributed by atoms with Crippen molar-refractivity contribution < 1.29 is 19.7 Å². The fourth-order valence-corrected chi connectivity index (χ4v) is 1.98. The molecule has 1 atom stereocenters. The average molecular weight is 237 g/mol. The maximum Gasteiger partial charge on any atom is 0.337 e. The fourth-order valence-electron chi connectivity index (χ4n) is 1.98. The number of benzene rings is 1. The SMILES string of the molecule is O=C(O)c1ccccc1N1CCOC(CO)C1. The van der Waals surface area contributed by atoms with Crippen LogP contribution in [0.1, 0.15) is 10.4 Å². The van der Waals surface area contributed by atoms with Crippen LogP contribution in [0.15, 0.2) is 24.3 Å². The van der Waals surface area contributed by atoms with Crippen molar-refractivity contribution in [2.75, 3.05) is 31.2 Å². The van der Waals surface area contributed by atoms with Crippen molar-refractivity contribution in [3.05, 3.63) is 29.8 Å². The number of aliphatic hydroxyl groups excluding tert-OH is 1. The van der Waals surface area contributed by atoms with Crippen molar-refractivity contribution in [3.63, 3.8) is 0 Å². The number of hydrogen-bond acceptors (Lipinski definition) is 4. The molecule has 1 aliphatic rings. The zero-order valence-corrected chi connectivity index (χ0v) is 9.37. The smallest absolute Gasteiger partial charge is 0.337 e. The zero-order chi connectivity index (χ0) is 12.3. The molecule has 92 valence electrons. The highest BCUT2D eigenvalue weighted by Gasteiger charge is 2.23. The molecule has 0 amide bonds. The molecule has 0 aliphatic carbocycles. The van der Waals surface area contributed by atoms with E-state index in [0.29, 0.717) is 25.4 Å². The van der Waals surface area contributed by atoms with Crippen molar-refractivity contribution in [2.45, 2.75) is 6.10 Å². The van der Waals surface area contributed by atoms with E-state index in [2.05, 4.69) is 0 Å². The second kappa shape index (κ2) is 5.16. The van der Waals surface area contributed by atoms with E-state index in [1.54, 1.807) is 18.2 Å². The minimum atomic E-state index is -0.937. The number of morpholine rings is 1. The van der Waals surface area contributed by atoms with Gasteiger partial charge in [-0.3, -0.25) is 0 Å². The van der Waals surface area contributed by atoms with Crippen molar-refractivity contribution in [2.24, 2.45) is 0 Å². The summed E-state index contributed by atoms with van der Waals surface area (Å²) in [5.74, 6) is -0.937. The average Bonchev–Trinajstić information content (AvgIpc) is 2.39. The van der Waals surface area contributed by atoms with Gasteiger partial charge in [0.25, 0.3) is 0 Å². The molecule has 0 saturated carbocycles. The molecule has 1 aromatic rings. The number of aromatic carboxylic acids is 1. The van der Waals surface area contributed by atoms with E-state index >= 15 is 0 Å². The Labute approximate surface area is 99.2 Å². The van der Waals surface area contributed by atoms with Crippen LogP contribution in [0.3, 0.4) is 0 Å². The summed E-state index contributed by atoms with van der Waals surface area (Å²) in [5, 5.41) is 18.2. The lowest BCUT2D eigenvalue weighted by Crippen LogP contribution is -2.44. The van der Waals surface area contributed by atoms with Gasteiger partial charge in [0.15, 0.2) is 0 Å². The Hall–Kier alpha value is -1.59. The van der Waals surface area contributed by atoms with E-state index in [-0.39, 0.29) is 18.3 Å². The highest BCUT2D eigenvalue weighted by atomic mass is 16.5. The third kappa shape index (κ3) is 2.57. The van der Waals surface area contributed by atoms with Crippen LogP contribution in [-0.2, 0) is 4.74 Å². The molecule has 0 bridgehead atoms. The summed E-state index contributed by atoms with van der Waals surface area (Å²) in [6, 6.07) is 6.88. The molecule has 1 saturated heterocycles. The van der Waals surface area contributed by atoms with Crippen LogP contribution >= 0.6 is 0 Å². The number of anilines is 1. The lowest BCUT2D eigenvalue weighted by molar-refractivity contribution is 0.00349. The number of carboxylic acids is 1.